The second kappa shape index (κ2) is 13.1. The molecule has 0 saturated heterocycles. The van der Waals surface area contributed by atoms with Gasteiger partial charge in [-0.25, -0.2) is 0 Å². The smallest absolute Gasteiger partial charge is 0.305 e. The van der Waals surface area contributed by atoms with Gasteiger partial charge in [0.05, 0.1) is 7.11 Å². The van der Waals surface area contributed by atoms with Gasteiger partial charge >= 0.3 is 5.97 Å². The summed E-state index contributed by atoms with van der Waals surface area (Å²) in [6.45, 7) is 2.22. The second-order valence-electron chi connectivity index (χ2n) is 4.30. The molecule has 0 amide bonds. The molecular formula is C15H26O2. The van der Waals surface area contributed by atoms with Crippen LogP contribution in [0.3, 0.4) is 0 Å². The van der Waals surface area contributed by atoms with Crippen molar-refractivity contribution in [2.75, 3.05) is 7.11 Å². The first-order valence-corrected chi connectivity index (χ1v) is 6.83. The highest BCUT2D eigenvalue weighted by molar-refractivity contribution is 5.68. The SMILES string of the molecule is CCCCCCC#CCCCCCC(=O)OC. The number of methoxy groups -OCH3 is 1. The molecule has 0 rings (SSSR count). The Morgan fingerprint density at radius 1 is 0.941 bits per heavy atom. The molecule has 2 nitrogen and oxygen atoms in total. The van der Waals surface area contributed by atoms with Gasteiger partial charge in [-0.1, -0.05) is 32.6 Å². The lowest BCUT2D eigenvalue weighted by atomic mass is 10.1. The highest BCUT2D eigenvalue weighted by Gasteiger charge is 1.97. The molecule has 0 radical (unpaired) electrons. The molecule has 98 valence electrons. The van der Waals surface area contributed by atoms with E-state index in [0.717, 1.165) is 32.1 Å². The molecule has 0 aliphatic heterocycles. The van der Waals surface area contributed by atoms with E-state index in [0.29, 0.717) is 6.42 Å². The third kappa shape index (κ3) is 13.0. The maximum Gasteiger partial charge on any atom is 0.305 e. The van der Waals surface area contributed by atoms with Gasteiger partial charge in [-0.2, -0.15) is 0 Å². The topological polar surface area (TPSA) is 26.3 Å². The second-order valence-corrected chi connectivity index (χ2v) is 4.30. The lowest BCUT2D eigenvalue weighted by molar-refractivity contribution is -0.140. The molecular weight excluding hydrogens is 212 g/mol. The Hall–Kier alpha value is -0.970. The summed E-state index contributed by atoms with van der Waals surface area (Å²) in [7, 11) is 1.44. The van der Waals surface area contributed by atoms with E-state index in [4.69, 9.17) is 0 Å². The van der Waals surface area contributed by atoms with Crippen molar-refractivity contribution >= 4 is 5.97 Å². The van der Waals surface area contributed by atoms with E-state index in [1.807, 2.05) is 0 Å². The Labute approximate surface area is 106 Å². The minimum atomic E-state index is -0.105. The van der Waals surface area contributed by atoms with Crippen LogP contribution in [0, 0.1) is 11.8 Å². The first kappa shape index (κ1) is 16.0. The van der Waals surface area contributed by atoms with E-state index in [-0.39, 0.29) is 5.97 Å². The quantitative estimate of drug-likeness (QED) is 0.343. The van der Waals surface area contributed by atoms with Crippen molar-refractivity contribution in [2.24, 2.45) is 0 Å². The number of hydrogen-bond acceptors (Lipinski definition) is 2. The lowest BCUT2D eigenvalue weighted by Crippen LogP contribution is -1.98. The molecule has 0 N–H and O–H groups in total. The number of hydrogen-bond donors (Lipinski definition) is 0. The fourth-order valence-electron chi connectivity index (χ4n) is 1.58. The number of esters is 1. The summed E-state index contributed by atoms with van der Waals surface area (Å²) in [5.74, 6) is 6.31. The van der Waals surface area contributed by atoms with Crippen LogP contribution in [0.5, 0.6) is 0 Å². The van der Waals surface area contributed by atoms with Gasteiger partial charge in [0.15, 0.2) is 0 Å². The molecule has 0 unspecified atom stereocenters. The van der Waals surface area contributed by atoms with Gasteiger partial charge in [-0.15, -0.1) is 11.8 Å². The number of ether oxygens (including phenoxy) is 1. The van der Waals surface area contributed by atoms with E-state index >= 15 is 0 Å². The number of rotatable bonds is 9. The molecule has 0 atom stereocenters. The van der Waals surface area contributed by atoms with Crippen molar-refractivity contribution in [3.05, 3.63) is 0 Å². The predicted octanol–water partition coefficient (Wildman–Crippen LogP) is 4.08. The summed E-state index contributed by atoms with van der Waals surface area (Å²) in [6, 6.07) is 0. The molecule has 0 fully saturated rings. The monoisotopic (exact) mass is 238 g/mol. The average molecular weight is 238 g/mol. The standard InChI is InChI=1S/C15H26O2/c1-3-4-5-6-7-8-9-10-11-12-13-14-15(16)17-2/h3-7,10-14H2,1-2H3. The van der Waals surface area contributed by atoms with E-state index in [1.165, 1.54) is 32.8 Å². The molecule has 17 heavy (non-hydrogen) atoms. The van der Waals surface area contributed by atoms with Crippen molar-refractivity contribution in [3.63, 3.8) is 0 Å². The molecule has 0 aromatic heterocycles. The van der Waals surface area contributed by atoms with Gasteiger partial charge in [0.1, 0.15) is 0 Å². The Bertz CT molecular complexity index is 235. The third-order valence-corrected chi connectivity index (χ3v) is 2.69. The van der Waals surface area contributed by atoms with Crippen molar-refractivity contribution in [3.8, 4) is 11.8 Å². The van der Waals surface area contributed by atoms with E-state index < -0.39 is 0 Å². The predicted molar refractivity (Wildman–Crippen MR) is 71.6 cm³/mol. The van der Waals surface area contributed by atoms with Crippen LogP contribution in [0.15, 0.2) is 0 Å². The zero-order valence-corrected chi connectivity index (χ0v) is 11.4. The Kier molecular flexibility index (Phi) is 12.3. The zero-order valence-electron chi connectivity index (χ0n) is 11.4. The maximum atomic E-state index is 10.8. The first-order valence-electron chi connectivity index (χ1n) is 6.83. The number of unbranched alkanes of at least 4 members (excludes halogenated alkanes) is 7. The van der Waals surface area contributed by atoms with Crippen LogP contribution >= 0.6 is 0 Å². The van der Waals surface area contributed by atoms with Crippen molar-refractivity contribution in [2.45, 2.75) is 71.1 Å². The van der Waals surface area contributed by atoms with Crippen LogP contribution in [0.4, 0.5) is 0 Å². The normalized spacial score (nSPS) is 9.53. The summed E-state index contributed by atoms with van der Waals surface area (Å²) < 4.78 is 4.58. The van der Waals surface area contributed by atoms with Gasteiger partial charge < -0.3 is 4.74 Å². The van der Waals surface area contributed by atoms with Crippen molar-refractivity contribution < 1.29 is 9.53 Å². The zero-order chi connectivity index (χ0) is 12.8. The molecule has 0 aromatic rings. The summed E-state index contributed by atoms with van der Waals surface area (Å²) in [6.07, 6.45) is 10.8. The largest absolute Gasteiger partial charge is 0.469 e. The van der Waals surface area contributed by atoms with Gasteiger partial charge in [-0.3, -0.25) is 4.79 Å². The summed E-state index contributed by atoms with van der Waals surface area (Å²) in [4.78, 5) is 10.8. The minimum absolute atomic E-state index is 0.105. The van der Waals surface area contributed by atoms with Crippen LogP contribution in [-0.2, 0) is 9.53 Å². The van der Waals surface area contributed by atoms with Crippen molar-refractivity contribution in [1.29, 1.82) is 0 Å². The van der Waals surface area contributed by atoms with Crippen molar-refractivity contribution in [1.82, 2.24) is 0 Å². The first-order chi connectivity index (χ1) is 8.31. The Morgan fingerprint density at radius 2 is 1.53 bits per heavy atom. The summed E-state index contributed by atoms with van der Waals surface area (Å²) >= 11 is 0. The Morgan fingerprint density at radius 3 is 2.06 bits per heavy atom. The summed E-state index contributed by atoms with van der Waals surface area (Å²) in [5.41, 5.74) is 0. The lowest BCUT2D eigenvalue weighted by Gasteiger charge is -1.97. The highest BCUT2D eigenvalue weighted by atomic mass is 16.5. The molecule has 0 aliphatic rings. The fourth-order valence-corrected chi connectivity index (χ4v) is 1.58. The highest BCUT2D eigenvalue weighted by Crippen LogP contribution is 2.04. The van der Waals surface area contributed by atoms with Crippen LogP contribution < -0.4 is 0 Å². The molecule has 0 saturated carbocycles. The van der Waals surface area contributed by atoms with E-state index in [2.05, 4.69) is 23.5 Å². The number of carbonyl (C=O) groups is 1. The van der Waals surface area contributed by atoms with Gasteiger partial charge in [0, 0.05) is 19.3 Å². The van der Waals surface area contributed by atoms with Crippen LogP contribution in [0.25, 0.3) is 0 Å². The molecule has 0 aliphatic carbocycles. The van der Waals surface area contributed by atoms with E-state index in [1.54, 1.807) is 0 Å². The Balaban J connectivity index is 3.17. The van der Waals surface area contributed by atoms with Crippen LogP contribution in [-0.4, -0.2) is 13.1 Å². The van der Waals surface area contributed by atoms with Crippen LogP contribution in [0.1, 0.15) is 71.1 Å². The molecule has 0 heterocycles. The molecule has 0 spiro atoms. The van der Waals surface area contributed by atoms with Crippen LogP contribution in [0.2, 0.25) is 0 Å². The van der Waals surface area contributed by atoms with Gasteiger partial charge in [-0.05, 0) is 19.3 Å². The fraction of sp³-hybridized carbons (Fsp3) is 0.800. The average Bonchev–Trinajstić information content (AvgIpc) is 2.35. The number of carbonyl (C=O) groups excluding carboxylic acids is 1. The molecule has 2 heteroatoms. The van der Waals surface area contributed by atoms with E-state index in [9.17, 15) is 4.79 Å². The molecule has 0 aromatic carbocycles. The third-order valence-electron chi connectivity index (χ3n) is 2.69. The summed E-state index contributed by atoms with van der Waals surface area (Å²) in [5, 5.41) is 0. The van der Waals surface area contributed by atoms with Gasteiger partial charge in [0.25, 0.3) is 0 Å². The molecule has 0 bridgehead atoms. The van der Waals surface area contributed by atoms with Gasteiger partial charge in [0.2, 0.25) is 0 Å². The minimum Gasteiger partial charge on any atom is -0.469 e. The maximum absolute atomic E-state index is 10.8.